The van der Waals surface area contributed by atoms with E-state index in [-0.39, 0.29) is 0 Å². The number of rotatable bonds is 2. The first-order chi connectivity index (χ1) is 16.3. The lowest BCUT2D eigenvalue weighted by atomic mass is 10.00. The van der Waals surface area contributed by atoms with Gasteiger partial charge in [-0.2, -0.15) is 0 Å². The molecule has 3 heteroatoms. The fourth-order valence-corrected chi connectivity index (χ4v) is 5.61. The van der Waals surface area contributed by atoms with Gasteiger partial charge in [0.2, 0.25) is 0 Å². The molecule has 0 aliphatic carbocycles. The highest BCUT2D eigenvalue weighted by Gasteiger charge is 2.17. The molecule has 2 aromatic heterocycles. The fraction of sp³-hybridized carbons (Fsp3) is 0. The summed E-state index contributed by atoms with van der Waals surface area (Å²) in [6.45, 7) is 0. The Hall–Kier alpha value is -3.82. The molecule has 0 aliphatic heterocycles. The molecule has 2 heterocycles. The molecule has 0 amide bonds. The van der Waals surface area contributed by atoms with E-state index in [1.165, 1.54) is 32.9 Å². The van der Waals surface area contributed by atoms with E-state index in [9.17, 15) is 0 Å². The van der Waals surface area contributed by atoms with Crippen molar-refractivity contribution in [1.82, 2.24) is 4.57 Å². The summed E-state index contributed by atoms with van der Waals surface area (Å²) in [5.41, 5.74) is 7.76. The van der Waals surface area contributed by atoms with Crippen LogP contribution in [0.25, 0.3) is 60.6 Å². The summed E-state index contributed by atoms with van der Waals surface area (Å²) in [6.07, 6.45) is 0. The summed E-state index contributed by atoms with van der Waals surface area (Å²) in [4.78, 5) is 0. The minimum absolute atomic E-state index is 0.896. The zero-order chi connectivity index (χ0) is 21.9. The van der Waals surface area contributed by atoms with Crippen LogP contribution in [0, 0.1) is 0 Å². The summed E-state index contributed by atoms with van der Waals surface area (Å²) < 4.78 is 9.55. The first-order valence-electron chi connectivity index (χ1n) is 11.0. The lowest BCUT2D eigenvalue weighted by Crippen LogP contribution is -1.95. The van der Waals surface area contributed by atoms with Crippen LogP contribution in [0.2, 0.25) is 0 Å². The Bertz CT molecular complexity index is 1830. The van der Waals surface area contributed by atoms with Crippen LogP contribution in [0.4, 0.5) is 0 Å². The molecule has 0 bridgehead atoms. The van der Waals surface area contributed by atoms with Crippen molar-refractivity contribution in [3.63, 3.8) is 0 Å². The molecular weight excluding hydrogens is 470 g/mol. The van der Waals surface area contributed by atoms with Gasteiger partial charge in [-0.3, -0.25) is 0 Å². The Morgan fingerprint density at radius 2 is 1.39 bits per heavy atom. The van der Waals surface area contributed by atoms with Crippen molar-refractivity contribution in [3.8, 4) is 16.8 Å². The number of halogens is 1. The molecule has 0 saturated heterocycles. The summed E-state index contributed by atoms with van der Waals surface area (Å²) >= 11 is 3.72. The number of benzene rings is 5. The van der Waals surface area contributed by atoms with Gasteiger partial charge in [0.1, 0.15) is 11.2 Å². The highest BCUT2D eigenvalue weighted by molar-refractivity contribution is 9.10. The smallest absolute Gasteiger partial charge is 0.136 e. The van der Waals surface area contributed by atoms with E-state index in [1.807, 2.05) is 12.1 Å². The minimum Gasteiger partial charge on any atom is -0.456 e. The van der Waals surface area contributed by atoms with Gasteiger partial charge in [0.15, 0.2) is 0 Å². The Kier molecular flexibility index (Phi) is 4.02. The first-order valence-corrected chi connectivity index (χ1v) is 11.8. The van der Waals surface area contributed by atoms with Crippen molar-refractivity contribution in [2.24, 2.45) is 0 Å². The highest BCUT2D eigenvalue weighted by atomic mass is 79.9. The normalized spacial score (nSPS) is 11.8. The van der Waals surface area contributed by atoms with Gasteiger partial charge < -0.3 is 8.98 Å². The number of furan rings is 1. The van der Waals surface area contributed by atoms with Crippen LogP contribution in [0.3, 0.4) is 0 Å². The molecule has 33 heavy (non-hydrogen) atoms. The standard InChI is InChI=1S/C30H18BrNO/c31-25-13-7-15-28-29(25)24-18-19(16-17-27(24)33-28)21-11-6-12-23-22-10-4-5-14-26(22)32(30(21)23)20-8-2-1-3-9-20/h1-18H. The third-order valence-corrected chi connectivity index (χ3v) is 7.13. The molecule has 2 nitrogen and oxygen atoms in total. The third kappa shape index (κ3) is 2.73. The lowest BCUT2D eigenvalue weighted by Gasteiger charge is -2.11. The average Bonchev–Trinajstić information content (AvgIpc) is 3.40. The fourth-order valence-electron chi connectivity index (χ4n) is 5.05. The van der Waals surface area contributed by atoms with Crippen molar-refractivity contribution in [1.29, 1.82) is 0 Å². The number of hydrogen-bond acceptors (Lipinski definition) is 1. The molecule has 0 fully saturated rings. The number of hydrogen-bond donors (Lipinski definition) is 0. The molecule has 0 aliphatic rings. The maximum atomic E-state index is 6.12. The molecule has 156 valence electrons. The van der Waals surface area contributed by atoms with Crippen LogP contribution in [-0.2, 0) is 0 Å². The van der Waals surface area contributed by atoms with Gasteiger partial charge in [0.25, 0.3) is 0 Å². The van der Waals surface area contributed by atoms with E-state index in [0.717, 1.165) is 32.1 Å². The molecule has 7 aromatic rings. The van der Waals surface area contributed by atoms with E-state index in [0.29, 0.717) is 0 Å². The second-order valence-electron chi connectivity index (χ2n) is 8.32. The molecule has 0 N–H and O–H groups in total. The summed E-state index contributed by atoms with van der Waals surface area (Å²) in [7, 11) is 0. The minimum atomic E-state index is 0.896. The van der Waals surface area contributed by atoms with Crippen LogP contribution < -0.4 is 0 Å². The molecule has 0 unspecified atom stereocenters. The molecular formula is C30H18BrNO. The molecule has 0 atom stereocenters. The topological polar surface area (TPSA) is 18.1 Å². The largest absolute Gasteiger partial charge is 0.456 e. The number of nitrogens with zero attached hydrogens (tertiary/aromatic N) is 1. The van der Waals surface area contributed by atoms with Crippen molar-refractivity contribution in [2.45, 2.75) is 0 Å². The Morgan fingerprint density at radius 1 is 0.606 bits per heavy atom. The Balaban J connectivity index is 1.61. The van der Waals surface area contributed by atoms with Crippen LogP contribution in [0.1, 0.15) is 0 Å². The van der Waals surface area contributed by atoms with Gasteiger partial charge in [0.05, 0.1) is 11.0 Å². The zero-order valence-corrected chi connectivity index (χ0v) is 19.2. The predicted molar refractivity (Wildman–Crippen MR) is 141 cm³/mol. The highest BCUT2D eigenvalue weighted by Crippen LogP contribution is 2.40. The van der Waals surface area contributed by atoms with E-state index in [1.54, 1.807) is 0 Å². The van der Waals surface area contributed by atoms with E-state index in [4.69, 9.17) is 4.42 Å². The number of para-hydroxylation sites is 3. The monoisotopic (exact) mass is 487 g/mol. The molecule has 7 rings (SSSR count). The quantitative estimate of drug-likeness (QED) is 0.237. The van der Waals surface area contributed by atoms with Crippen LogP contribution in [0.5, 0.6) is 0 Å². The molecule has 5 aromatic carbocycles. The maximum absolute atomic E-state index is 6.12. The van der Waals surface area contributed by atoms with E-state index >= 15 is 0 Å². The Labute approximate surface area is 198 Å². The average molecular weight is 488 g/mol. The second-order valence-corrected chi connectivity index (χ2v) is 9.17. The van der Waals surface area contributed by atoms with E-state index < -0.39 is 0 Å². The van der Waals surface area contributed by atoms with Gasteiger partial charge >= 0.3 is 0 Å². The summed E-state index contributed by atoms with van der Waals surface area (Å²) in [5.74, 6) is 0. The summed E-state index contributed by atoms with van der Waals surface area (Å²) in [5, 5.41) is 4.75. The van der Waals surface area contributed by atoms with Crippen molar-refractivity contribution in [2.75, 3.05) is 0 Å². The van der Waals surface area contributed by atoms with Gasteiger partial charge in [-0.15, -0.1) is 0 Å². The van der Waals surface area contributed by atoms with Crippen molar-refractivity contribution >= 4 is 59.7 Å². The van der Waals surface area contributed by atoms with Crippen molar-refractivity contribution in [3.05, 3.63) is 114 Å². The maximum Gasteiger partial charge on any atom is 0.136 e. The van der Waals surface area contributed by atoms with Gasteiger partial charge in [-0.25, -0.2) is 0 Å². The van der Waals surface area contributed by atoms with Gasteiger partial charge in [-0.05, 0) is 48.0 Å². The van der Waals surface area contributed by atoms with E-state index in [2.05, 4.69) is 118 Å². The molecule has 0 radical (unpaired) electrons. The van der Waals surface area contributed by atoms with Gasteiger partial charge in [-0.1, -0.05) is 82.7 Å². The first kappa shape index (κ1) is 18.7. The SMILES string of the molecule is Brc1cccc2oc3ccc(-c4cccc5c6ccccc6n(-c6ccccc6)c45)cc3c12. The summed E-state index contributed by atoms with van der Waals surface area (Å²) in [6, 6.07) is 38.5. The second kappa shape index (κ2) is 7.09. The van der Waals surface area contributed by atoms with Crippen molar-refractivity contribution < 1.29 is 4.42 Å². The molecule has 0 spiro atoms. The lowest BCUT2D eigenvalue weighted by molar-refractivity contribution is 0.669. The number of fused-ring (bicyclic) bond motifs is 6. The zero-order valence-electron chi connectivity index (χ0n) is 17.6. The Morgan fingerprint density at radius 3 is 2.30 bits per heavy atom. The molecule has 0 saturated carbocycles. The van der Waals surface area contributed by atoms with Crippen LogP contribution >= 0.6 is 15.9 Å². The number of aromatic nitrogens is 1. The van der Waals surface area contributed by atoms with Crippen LogP contribution in [-0.4, -0.2) is 4.57 Å². The third-order valence-electron chi connectivity index (χ3n) is 6.46. The van der Waals surface area contributed by atoms with Gasteiger partial charge in [0, 0.05) is 37.3 Å². The van der Waals surface area contributed by atoms with Crippen LogP contribution in [0.15, 0.2) is 118 Å². The predicted octanol–water partition coefficient (Wildman–Crippen LogP) is 9.11.